The van der Waals surface area contributed by atoms with Crippen LogP contribution in [0.3, 0.4) is 0 Å². The van der Waals surface area contributed by atoms with Gasteiger partial charge < -0.3 is 19.7 Å². The molecule has 0 aliphatic carbocycles. The molecule has 3 rings (SSSR count). The van der Waals surface area contributed by atoms with Gasteiger partial charge in [0.05, 0.1) is 19.1 Å². The Morgan fingerprint density at radius 2 is 2.04 bits per heavy atom. The predicted molar refractivity (Wildman–Crippen MR) is 98.6 cm³/mol. The first kappa shape index (κ1) is 18.7. The first-order valence-electron chi connectivity index (χ1n) is 8.00. The standard InChI is InChI=1S/C18H19BrFNO3S/c19-13-1-6-16-17(9-13)24-11-12(10-21-7-8-22)18(16)25(23)15-4-2-14(20)3-5-15/h1-6,9,12,18,21-22H,7-8,10-11H2. The van der Waals surface area contributed by atoms with Crippen LogP contribution >= 0.6 is 15.9 Å². The highest BCUT2D eigenvalue weighted by Gasteiger charge is 2.40. The average Bonchev–Trinajstić information content (AvgIpc) is 2.61. The molecule has 1 aliphatic heterocycles. The molecule has 0 amide bonds. The van der Waals surface area contributed by atoms with E-state index in [1.54, 1.807) is 12.1 Å². The lowest BCUT2D eigenvalue weighted by Crippen LogP contribution is -2.38. The van der Waals surface area contributed by atoms with E-state index in [4.69, 9.17) is 9.84 Å². The fraction of sp³-hybridized carbons (Fsp3) is 0.333. The molecule has 4 nitrogen and oxygen atoms in total. The van der Waals surface area contributed by atoms with Crippen LogP contribution in [-0.2, 0) is 11.2 Å². The van der Waals surface area contributed by atoms with Crippen molar-refractivity contribution in [1.82, 2.24) is 5.32 Å². The Morgan fingerprint density at radius 1 is 1.28 bits per heavy atom. The number of fused-ring (bicyclic) bond motifs is 1. The molecule has 2 N–H and O–H groups in total. The zero-order valence-electron chi connectivity index (χ0n) is 13.5. The van der Waals surface area contributed by atoms with Gasteiger partial charge >= 0.3 is 0 Å². The van der Waals surface area contributed by atoms with Crippen molar-refractivity contribution >= 4 is 27.1 Å². The molecule has 3 atom stereocenters. The minimum Gasteiger partial charge on any atom is -0.611 e. The molecule has 0 saturated heterocycles. The predicted octanol–water partition coefficient (Wildman–Crippen LogP) is 3.03. The second-order valence-electron chi connectivity index (χ2n) is 5.85. The third kappa shape index (κ3) is 4.35. The van der Waals surface area contributed by atoms with Crippen LogP contribution in [0, 0.1) is 11.7 Å². The third-order valence-corrected chi connectivity index (χ3v) is 6.47. The van der Waals surface area contributed by atoms with E-state index in [0.717, 1.165) is 10.0 Å². The molecule has 134 valence electrons. The highest BCUT2D eigenvalue weighted by Crippen LogP contribution is 2.44. The summed E-state index contributed by atoms with van der Waals surface area (Å²) in [4.78, 5) is 0.592. The largest absolute Gasteiger partial charge is 0.611 e. The van der Waals surface area contributed by atoms with Gasteiger partial charge in [-0.3, -0.25) is 0 Å². The highest BCUT2D eigenvalue weighted by molar-refractivity contribution is 9.10. The quantitative estimate of drug-likeness (QED) is 0.549. The van der Waals surface area contributed by atoms with Crippen LogP contribution < -0.4 is 10.1 Å². The Kier molecular flexibility index (Phi) is 6.35. The molecule has 3 unspecified atom stereocenters. The maximum absolute atomic E-state index is 13.2. The molecule has 2 aromatic rings. The normalized spacial score (nSPS) is 20.6. The van der Waals surface area contributed by atoms with E-state index in [1.165, 1.54) is 12.1 Å². The topological polar surface area (TPSA) is 64.5 Å². The summed E-state index contributed by atoms with van der Waals surface area (Å²) >= 11 is 2.08. The zero-order chi connectivity index (χ0) is 17.8. The monoisotopic (exact) mass is 427 g/mol. The molecular weight excluding hydrogens is 409 g/mol. The molecule has 2 aromatic carbocycles. The number of nitrogens with one attached hydrogen (secondary N) is 1. The van der Waals surface area contributed by atoms with E-state index in [2.05, 4.69) is 21.2 Å². The Labute approximate surface area is 157 Å². The van der Waals surface area contributed by atoms with Crippen molar-refractivity contribution in [3.8, 4) is 5.75 Å². The first-order valence-corrected chi connectivity index (χ1v) is 10.0. The fourth-order valence-corrected chi connectivity index (χ4v) is 4.93. The summed E-state index contributed by atoms with van der Waals surface area (Å²) < 4.78 is 33.2. The highest BCUT2D eigenvalue weighted by atomic mass is 79.9. The van der Waals surface area contributed by atoms with Crippen molar-refractivity contribution in [2.45, 2.75) is 10.1 Å². The minimum atomic E-state index is -1.35. The van der Waals surface area contributed by atoms with Gasteiger partial charge in [-0.05, 0) is 53.6 Å². The smallest absolute Gasteiger partial charge is 0.157 e. The van der Waals surface area contributed by atoms with Gasteiger partial charge in [0.1, 0.15) is 11.6 Å². The summed E-state index contributed by atoms with van der Waals surface area (Å²) in [6.45, 7) is 1.52. The number of benzene rings is 2. The van der Waals surface area contributed by atoms with Gasteiger partial charge in [0.15, 0.2) is 10.1 Å². The van der Waals surface area contributed by atoms with Crippen molar-refractivity contribution in [3.63, 3.8) is 0 Å². The average molecular weight is 428 g/mol. The Morgan fingerprint density at radius 3 is 2.76 bits per heavy atom. The summed E-state index contributed by atoms with van der Waals surface area (Å²) in [7, 11) is 0. The van der Waals surface area contributed by atoms with Crippen LogP contribution in [0.4, 0.5) is 4.39 Å². The van der Waals surface area contributed by atoms with Crippen molar-refractivity contribution in [2.75, 3.05) is 26.3 Å². The van der Waals surface area contributed by atoms with Crippen LogP contribution in [-0.4, -0.2) is 36.0 Å². The van der Waals surface area contributed by atoms with E-state index in [1.807, 2.05) is 18.2 Å². The van der Waals surface area contributed by atoms with Gasteiger partial charge in [0, 0.05) is 23.1 Å². The molecule has 0 bridgehead atoms. The van der Waals surface area contributed by atoms with E-state index in [-0.39, 0.29) is 23.6 Å². The molecule has 1 aliphatic rings. The van der Waals surface area contributed by atoms with E-state index in [9.17, 15) is 8.94 Å². The number of halogens is 2. The Hall–Kier alpha value is -1.12. The summed E-state index contributed by atoms with van der Waals surface area (Å²) in [6, 6.07) is 11.5. The number of aliphatic hydroxyl groups is 1. The lowest BCUT2D eigenvalue weighted by Gasteiger charge is -2.34. The van der Waals surface area contributed by atoms with E-state index >= 15 is 0 Å². The summed E-state index contributed by atoms with van der Waals surface area (Å²) in [5.74, 6) is 0.345. The fourth-order valence-electron chi connectivity index (χ4n) is 2.94. The van der Waals surface area contributed by atoms with Crippen molar-refractivity contribution < 1.29 is 18.8 Å². The molecule has 25 heavy (non-hydrogen) atoms. The molecular formula is C18H19BrFNO3S. The SMILES string of the molecule is [O-][S+](c1ccc(F)cc1)C1c2ccc(Br)cc2OCC1CNCCO. The Balaban J connectivity index is 1.92. The lowest BCUT2D eigenvalue weighted by molar-refractivity contribution is 0.207. The third-order valence-electron chi connectivity index (χ3n) is 4.13. The second kappa shape index (κ2) is 8.51. The number of aliphatic hydroxyl groups excluding tert-OH is 1. The van der Waals surface area contributed by atoms with Crippen molar-refractivity contribution in [2.24, 2.45) is 5.92 Å². The molecule has 0 saturated carbocycles. The molecule has 7 heteroatoms. The number of ether oxygens (including phenoxy) is 1. The van der Waals surface area contributed by atoms with E-state index in [0.29, 0.717) is 30.3 Å². The van der Waals surface area contributed by atoms with Crippen LogP contribution in [0.5, 0.6) is 5.75 Å². The van der Waals surface area contributed by atoms with Gasteiger partial charge in [-0.2, -0.15) is 0 Å². The number of hydrogen-bond donors (Lipinski definition) is 2. The van der Waals surface area contributed by atoms with Gasteiger partial charge in [-0.15, -0.1) is 0 Å². The van der Waals surface area contributed by atoms with Gasteiger partial charge in [-0.1, -0.05) is 15.9 Å². The summed E-state index contributed by atoms with van der Waals surface area (Å²) in [5.41, 5.74) is 0.882. The van der Waals surface area contributed by atoms with Crippen LogP contribution in [0.25, 0.3) is 0 Å². The zero-order valence-corrected chi connectivity index (χ0v) is 15.9. The molecule has 0 fully saturated rings. The molecule has 0 radical (unpaired) electrons. The van der Waals surface area contributed by atoms with Crippen LogP contribution in [0.15, 0.2) is 51.8 Å². The van der Waals surface area contributed by atoms with Gasteiger partial charge in [0.2, 0.25) is 0 Å². The summed E-state index contributed by atoms with van der Waals surface area (Å²) in [5, 5.41) is 11.9. The van der Waals surface area contributed by atoms with Crippen LogP contribution in [0.2, 0.25) is 0 Å². The maximum atomic E-state index is 13.2. The lowest BCUT2D eigenvalue weighted by atomic mass is 9.96. The molecule has 0 spiro atoms. The van der Waals surface area contributed by atoms with Crippen LogP contribution in [0.1, 0.15) is 10.8 Å². The number of rotatable bonds is 6. The van der Waals surface area contributed by atoms with Gasteiger partial charge in [0.25, 0.3) is 0 Å². The first-order chi connectivity index (χ1) is 12.1. The number of hydrogen-bond acceptors (Lipinski definition) is 4. The van der Waals surface area contributed by atoms with Gasteiger partial charge in [-0.25, -0.2) is 4.39 Å². The molecule has 1 heterocycles. The second-order valence-corrected chi connectivity index (χ2v) is 8.34. The molecule has 0 aromatic heterocycles. The van der Waals surface area contributed by atoms with E-state index < -0.39 is 11.2 Å². The van der Waals surface area contributed by atoms with Crippen molar-refractivity contribution in [1.29, 1.82) is 0 Å². The summed E-state index contributed by atoms with van der Waals surface area (Å²) in [6.07, 6.45) is 0. The van der Waals surface area contributed by atoms with Crippen molar-refractivity contribution in [3.05, 3.63) is 58.3 Å². The Bertz CT molecular complexity index is 716. The maximum Gasteiger partial charge on any atom is 0.157 e. The minimum absolute atomic E-state index is 0.0221.